The topological polar surface area (TPSA) is 58.8 Å². The number of anilines is 1. The van der Waals surface area contributed by atoms with E-state index in [1.807, 2.05) is 35.2 Å². The lowest BCUT2D eigenvalue weighted by Crippen LogP contribution is -2.48. The zero-order valence-corrected chi connectivity index (χ0v) is 15.3. The molecule has 2 aromatic carbocycles. The molecule has 3 rings (SSSR count). The molecule has 1 fully saturated rings. The van der Waals surface area contributed by atoms with Gasteiger partial charge >= 0.3 is 12.3 Å². The van der Waals surface area contributed by atoms with Crippen molar-refractivity contribution in [2.24, 2.45) is 0 Å². The Kier molecular flexibility index (Phi) is 6.08. The number of carbonyl (C=O) groups excluding carboxylic acids is 1. The number of halogens is 3. The first kappa shape index (κ1) is 20.0. The second-order valence-corrected chi connectivity index (χ2v) is 6.72. The lowest BCUT2D eigenvalue weighted by Gasteiger charge is -2.34. The second-order valence-electron chi connectivity index (χ2n) is 6.72. The van der Waals surface area contributed by atoms with Crippen molar-refractivity contribution in [2.75, 3.05) is 31.9 Å². The number of piperazine rings is 1. The summed E-state index contributed by atoms with van der Waals surface area (Å²) in [5.41, 5.74) is 5.81. The Morgan fingerprint density at radius 1 is 1.00 bits per heavy atom. The van der Waals surface area contributed by atoms with Crippen LogP contribution in [0.1, 0.15) is 16.7 Å². The molecule has 1 aliphatic heterocycles. The summed E-state index contributed by atoms with van der Waals surface area (Å²) >= 11 is 0. The Labute approximate surface area is 161 Å². The van der Waals surface area contributed by atoms with Crippen LogP contribution in [-0.2, 0) is 24.1 Å². The fraction of sp³-hybridized carbons (Fsp3) is 0.350. The van der Waals surface area contributed by atoms with Gasteiger partial charge < -0.3 is 15.4 Å². The van der Waals surface area contributed by atoms with E-state index in [4.69, 9.17) is 10.5 Å². The largest absolute Gasteiger partial charge is 0.445 e. The van der Waals surface area contributed by atoms with Crippen molar-refractivity contribution in [3.05, 3.63) is 65.2 Å². The maximum atomic E-state index is 13.0. The first-order valence-electron chi connectivity index (χ1n) is 8.96. The summed E-state index contributed by atoms with van der Waals surface area (Å²) in [7, 11) is 0. The Bertz CT molecular complexity index is 804. The molecule has 150 valence electrons. The number of nitrogen functional groups attached to an aromatic ring is 1. The summed E-state index contributed by atoms with van der Waals surface area (Å²) in [5, 5.41) is 0. The third-order valence-corrected chi connectivity index (χ3v) is 4.66. The van der Waals surface area contributed by atoms with E-state index in [1.54, 1.807) is 11.0 Å². The van der Waals surface area contributed by atoms with Crippen LogP contribution < -0.4 is 5.73 Å². The minimum atomic E-state index is -4.47. The van der Waals surface area contributed by atoms with E-state index in [-0.39, 0.29) is 18.4 Å². The molecule has 1 aliphatic rings. The highest BCUT2D eigenvalue weighted by atomic mass is 19.4. The Morgan fingerprint density at radius 3 is 2.32 bits per heavy atom. The molecule has 1 amide bonds. The van der Waals surface area contributed by atoms with Gasteiger partial charge in [0, 0.05) is 38.4 Å². The van der Waals surface area contributed by atoms with Crippen molar-refractivity contribution in [3.63, 3.8) is 0 Å². The van der Waals surface area contributed by atoms with Gasteiger partial charge in [0.2, 0.25) is 0 Å². The summed E-state index contributed by atoms with van der Waals surface area (Å²) in [4.78, 5) is 15.8. The molecule has 2 aromatic rings. The third kappa shape index (κ3) is 5.16. The number of nitrogens with two attached hydrogens (primary N) is 1. The van der Waals surface area contributed by atoms with Crippen molar-refractivity contribution >= 4 is 11.8 Å². The van der Waals surface area contributed by atoms with E-state index in [9.17, 15) is 18.0 Å². The standard InChI is InChI=1S/C20H22F3N3O2/c21-20(22,23)17-12-16(6-7-18(17)24)13-25-8-10-26(11-9-25)19(27)28-14-15-4-2-1-3-5-15/h1-7,12H,8-11,13-14,24H2. The van der Waals surface area contributed by atoms with Gasteiger partial charge in [-0.05, 0) is 23.3 Å². The zero-order chi connectivity index (χ0) is 20.1. The minimum Gasteiger partial charge on any atom is -0.445 e. The lowest BCUT2D eigenvalue weighted by molar-refractivity contribution is -0.137. The van der Waals surface area contributed by atoms with E-state index in [1.165, 1.54) is 6.07 Å². The van der Waals surface area contributed by atoms with Crippen LogP contribution in [0, 0.1) is 0 Å². The van der Waals surface area contributed by atoms with Crippen molar-refractivity contribution in [1.82, 2.24) is 9.80 Å². The summed E-state index contributed by atoms with van der Waals surface area (Å²) in [6.45, 7) is 2.64. The maximum Gasteiger partial charge on any atom is 0.418 e. The molecule has 0 atom stereocenters. The van der Waals surface area contributed by atoms with Gasteiger partial charge in [0.15, 0.2) is 0 Å². The third-order valence-electron chi connectivity index (χ3n) is 4.66. The average molecular weight is 393 g/mol. The number of benzene rings is 2. The van der Waals surface area contributed by atoms with Crippen molar-refractivity contribution in [3.8, 4) is 0 Å². The Balaban J connectivity index is 1.49. The van der Waals surface area contributed by atoms with Gasteiger partial charge in [0.05, 0.1) is 5.56 Å². The van der Waals surface area contributed by atoms with Gasteiger partial charge in [0.1, 0.15) is 6.61 Å². The van der Waals surface area contributed by atoms with Crippen LogP contribution in [0.4, 0.5) is 23.7 Å². The van der Waals surface area contributed by atoms with Crippen molar-refractivity contribution in [1.29, 1.82) is 0 Å². The Hall–Kier alpha value is -2.74. The molecule has 5 nitrogen and oxygen atoms in total. The van der Waals surface area contributed by atoms with Crippen LogP contribution in [0.2, 0.25) is 0 Å². The van der Waals surface area contributed by atoms with Gasteiger partial charge in [-0.15, -0.1) is 0 Å². The molecular formula is C20H22F3N3O2. The van der Waals surface area contributed by atoms with E-state index in [2.05, 4.69) is 0 Å². The molecule has 8 heteroatoms. The summed E-state index contributed by atoms with van der Waals surface area (Å²) in [5.74, 6) is 0. The summed E-state index contributed by atoms with van der Waals surface area (Å²) in [6, 6.07) is 13.4. The number of ether oxygens (including phenoxy) is 1. The number of nitrogens with zero attached hydrogens (tertiary/aromatic N) is 2. The van der Waals surface area contributed by atoms with E-state index < -0.39 is 11.7 Å². The predicted octanol–water partition coefficient (Wildman–Crippen LogP) is 3.74. The van der Waals surface area contributed by atoms with Crippen molar-refractivity contribution < 1.29 is 22.7 Å². The summed E-state index contributed by atoms with van der Waals surface area (Å²) in [6.07, 6.45) is -4.85. The lowest BCUT2D eigenvalue weighted by atomic mass is 10.1. The van der Waals surface area contributed by atoms with Gasteiger partial charge in [0.25, 0.3) is 0 Å². The molecule has 1 heterocycles. The first-order valence-corrected chi connectivity index (χ1v) is 8.96. The molecule has 0 unspecified atom stereocenters. The first-order chi connectivity index (χ1) is 13.3. The number of amides is 1. The van der Waals surface area contributed by atoms with Gasteiger partial charge in [-0.25, -0.2) is 4.79 Å². The number of alkyl halides is 3. The predicted molar refractivity (Wildman–Crippen MR) is 99.3 cm³/mol. The van der Waals surface area contributed by atoms with E-state index in [0.717, 1.165) is 11.6 Å². The molecule has 1 saturated heterocycles. The van der Waals surface area contributed by atoms with Crippen molar-refractivity contribution in [2.45, 2.75) is 19.3 Å². The SMILES string of the molecule is Nc1ccc(CN2CCN(C(=O)OCc3ccccc3)CC2)cc1C(F)(F)F. The zero-order valence-electron chi connectivity index (χ0n) is 15.3. The number of rotatable bonds is 4. The highest BCUT2D eigenvalue weighted by molar-refractivity contribution is 5.67. The monoisotopic (exact) mass is 393 g/mol. The normalized spacial score (nSPS) is 15.5. The number of hydrogen-bond donors (Lipinski definition) is 1. The second kappa shape index (κ2) is 8.52. The van der Waals surface area contributed by atoms with E-state index in [0.29, 0.717) is 38.3 Å². The average Bonchev–Trinajstić information content (AvgIpc) is 2.68. The highest BCUT2D eigenvalue weighted by Crippen LogP contribution is 2.34. The number of carbonyl (C=O) groups is 1. The molecule has 0 spiro atoms. The molecule has 0 aromatic heterocycles. The molecular weight excluding hydrogens is 371 g/mol. The molecule has 2 N–H and O–H groups in total. The van der Waals surface area contributed by atoms with Crippen LogP contribution in [0.5, 0.6) is 0 Å². The van der Waals surface area contributed by atoms with Crippen LogP contribution in [0.15, 0.2) is 48.5 Å². The molecule has 0 radical (unpaired) electrons. The van der Waals surface area contributed by atoms with Gasteiger partial charge in [-0.1, -0.05) is 36.4 Å². The van der Waals surface area contributed by atoms with Gasteiger partial charge in [-0.2, -0.15) is 13.2 Å². The maximum absolute atomic E-state index is 13.0. The molecule has 0 aliphatic carbocycles. The quantitative estimate of drug-likeness (QED) is 0.804. The smallest absolute Gasteiger partial charge is 0.418 e. The highest BCUT2D eigenvalue weighted by Gasteiger charge is 2.33. The van der Waals surface area contributed by atoms with E-state index >= 15 is 0 Å². The molecule has 28 heavy (non-hydrogen) atoms. The Morgan fingerprint density at radius 2 is 1.68 bits per heavy atom. The van der Waals surface area contributed by atoms with Crippen LogP contribution in [-0.4, -0.2) is 42.1 Å². The summed E-state index contributed by atoms with van der Waals surface area (Å²) < 4.78 is 44.3. The number of hydrogen-bond acceptors (Lipinski definition) is 4. The van der Waals surface area contributed by atoms with Crippen LogP contribution in [0.25, 0.3) is 0 Å². The van der Waals surface area contributed by atoms with Crippen LogP contribution in [0.3, 0.4) is 0 Å². The fourth-order valence-corrected chi connectivity index (χ4v) is 3.10. The fourth-order valence-electron chi connectivity index (χ4n) is 3.10. The van der Waals surface area contributed by atoms with Crippen LogP contribution >= 0.6 is 0 Å². The van der Waals surface area contributed by atoms with Gasteiger partial charge in [-0.3, -0.25) is 4.90 Å². The minimum absolute atomic E-state index is 0.214. The molecule has 0 bridgehead atoms. The molecule has 0 saturated carbocycles.